The summed E-state index contributed by atoms with van der Waals surface area (Å²) in [5.41, 5.74) is 0.971. The molecule has 2 aromatic rings. The van der Waals surface area contributed by atoms with Crippen LogP contribution in [0.4, 0.5) is 5.88 Å². The van der Waals surface area contributed by atoms with Crippen molar-refractivity contribution in [2.75, 3.05) is 19.6 Å². The summed E-state index contributed by atoms with van der Waals surface area (Å²) in [7, 11) is -3.62. The molecule has 28 heavy (non-hydrogen) atoms. The highest BCUT2D eigenvalue weighted by atomic mass is 32.2. The topological polar surface area (TPSA) is 123 Å². The lowest BCUT2D eigenvalue weighted by atomic mass is 9.98. The maximum atomic E-state index is 12.5. The van der Waals surface area contributed by atoms with Crippen LogP contribution in [-0.2, 0) is 10.0 Å². The molecule has 1 aliphatic rings. The number of sulfonamides is 1. The molecule has 1 atom stereocenters. The van der Waals surface area contributed by atoms with Gasteiger partial charge in [-0.3, -0.25) is 14.9 Å². The Morgan fingerprint density at radius 1 is 1.29 bits per heavy atom. The van der Waals surface area contributed by atoms with Crippen molar-refractivity contribution in [2.45, 2.75) is 24.7 Å². The molecule has 1 aromatic carbocycles. The standard InChI is InChI=1S/C18H21N3O6S/c1-13-4-6-15(7-5-13)28(25,26)19-11-14-3-2-10-20(12-14)18(22)16-8-9-17(27-16)21(23)24/h4-9,14,19H,2-3,10-12H2,1H3. The summed E-state index contributed by atoms with van der Waals surface area (Å²) in [6.07, 6.45) is 1.49. The predicted molar refractivity (Wildman–Crippen MR) is 100 cm³/mol. The molecular formula is C18H21N3O6S. The molecule has 1 N–H and O–H groups in total. The summed E-state index contributed by atoms with van der Waals surface area (Å²) in [6.45, 7) is 2.93. The van der Waals surface area contributed by atoms with E-state index in [1.807, 2.05) is 6.92 Å². The zero-order valence-electron chi connectivity index (χ0n) is 15.3. The summed E-state index contributed by atoms with van der Waals surface area (Å²) >= 11 is 0. The number of carbonyl (C=O) groups excluding carboxylic acids is 1. The second-order valence-electron chi connectivity index (χ2n) is 6.82. The molecule has 0 aliphatic carbocycles. The van der Waals surface area contributed by atoms with Crippen LogP contribution >= 0.6 is 0 Å². The highest BCUT2D eigenvalue weighted by Gasteiger charge is 2.28. The summed E-state index contributed by atoms with van der Waals surface area (Å²) in [4.78, 5) is 24.2. The SMILES string of the molecule is Cc1ccc(S(=O)(=O)NCC2CCCN(C(=O)c3ccc([N+](=O)[O-])o3)C2)cc1. The average molecular weight is 407 g/mol. The molecule has 10 heteroatoms. The molecule has 9 nitrogen and oxygen atoms in total. The largest absolute Gasteiger partial charge is 0.433 e. The molecule has 1 unspecified atom stereocenters. The fraction of sp³-hybridized carbons (Fsp3) is 0.389. The van der Waals surface area contributed by atoms with Gasteiger partial charge in [0.1, 0.15) is 4.92 Å². The van der Waals surface area contributed by atoms with Gasteiger partial charge in [-0.15, -0.1) is 0 Å². The van der Waals surface area contributed by atoms with Crippen LogP contribution in [0.2, 0.25) is 0 Å². The van der Waals surface area contributed by atoms with Gasteiger partial charge >= 0.3 is 5.88 Å². The third-order valence-electron chi connectivity index (χ3n) is 4.68. The molecule has 0 radical (unpaired) electrons. The predicted octanol–water partition coefficient (Wildman–Crippen LogP) is 2.33. The van der Waals surface area contributed by atoms with E-state index in [9.17, 15) is 23.3 Å². The summed E-state index contributed by atoms with van der Waals surface area (Å²) in [5.74, 6) is -1.06. The van der Waals surface area contributed by atoms with E-state index in [1.54, 1.807) is 24.3 Å². The summed E-state index contributed by atoms with van der Waals surface area (Å²) in [5, 5.41) is 10.7. The molecule has 150 valence electrons. The lowest BCUT2D eigenvalue weighted by Crippen LogP contribution is -2.43. The van der Waals surface area contributed by atoms with Crippen molar-refractivity contribution in [1.29, 1.82) is 0 Å². The van der Waals surface area contributed by atoms with E-state index in [1.165, 1.54) is 11.0 Å². The van der Waals surface area contributed by atoms with Gasteiger partial charge < -0.3 is 9.32 Å². The summed E-state index contributed by atoms with van der Waals surface area (Å²) < 4.78 is 32.4. The van der Waals surface area contributed by atoms with E-state index in [4.69, 9.17) is 4.42 Å². The number of amides is 1. The number of piperidine rings is 1. The molecule has 1 aliphatic heterocycles. The van der Waals surface area contributed by atoms with E-state index >= 15 is 0 Å². The van der Waals surface area contributed by atoms with E-state index in [-0.39, 0.29) is 23.1 Å². The van der Waals surface area contributed by atoms with Gasteiger partial charge in [0.2, 0.25) is 10.0 Å². The molecule has 0 saturated carbocycles. The second kappa shape index (κ2) is 8.11. The molecule has 0 bridgehead atoms. The van der Waals surface area contributed by atoms with Crippen molar-refractivity contribution in [2.24, 2.45) is 5.92 Å². The first-order valence-electron chi connectivity index (χ1n) is 8.86. The van der Waals surface area contributed by atoms with Crippen LogP contribution in [0.3, 0.4) is 0 Å². The molecular weight excluding hydrogens is 386 g/mol. The number of nitro groups is 1. The third-order valence-corrected chi connectivity index (χ3v) is 6.12. The van der Waals surface area contributed by atoms with Crippen LogP contribution in [0.15, 0.2) is 45.7 Å². The fourth-order valence-corrected chi connectivity index (χ4v) is 4.26. The number of nitrogens with one attached hydrogen (secondary N) is 1. The maximum Gasteiger partial charge on any atom is 0.433 e. The molecule has 1 amide bonds. The van der Waals surface area contributed by atoms with Gasteiger partial charge in [0.05, 0.1) is 11.0 Å². The van der Waals surface area contributed by atoms with Gasteiger partial charge in [-0.1, -0.05) is 17.7 Å². The van der Waals surface area contributed by atoms with Crippen molar-refractivity contribution in [3.8, 4) is 0 Å². The van der Waals surface area contributed by atoms with Gasteiger partial charge in [-0.05, 0) is 43.9 Å². The van der Waals surface area contributed by atoms with Crippen molar-refractivity contribution in [1.82, 2.24) is 9.62 Å². The number of aryl methyl sites for hydroxylation is 1. The van der Waals surface area contributed by atoms with Crippen LogP contribution < -0.4 is 4.72 Å². The Morgan fingerprint density at radius 2 is 2.00 bits per heavy atom. The molecule has 2 heterocycles. The Hall–Kier alpha value is -2.72. The Kier molecular flexibility index (Phi) is 5.80. The highest BCUT2D eigenvalue weighted by Crippen LogP contribution is 2.22. The molecule has 0 spiro atoms. The van der Waals surface area contributed by atoms with Crippen molar-refractivity contribution in [3.05, 3.63) is 57.8 Å². The number of furan rings is 1. The maximum absolute atomic E-state index is 12.5. The summed E-state index contributed by atoms with van der Waals surface area (Å²) in [6, 6.07) is 9.00. The van der Waals surface area contributed by atoms with Gasteiger partial charge in [0, 0.05) is 19.6 Å². The quantitative estimate of drug-likeness (QED) is 0.579. The smallest absolute Gasteiger partial charge is 0.395 e. The Balaban J connectivity index is 1.60. The van der Waals surface area contributed by atoms with Gasteiger partial charge in [-0.2, -0.15) is 0 Å². The zero-order chi connectivity index (χ0) is 20.3. The number of carbonyl (C=O) groups is 1. The monoisotopic (exact) mass is 407 g/mol. The zero-order valence-corrected chi connectivity index (χ0v) is 16.1. The average Bonchev–Trinajstić information content (AvgIpc) is 3.17. The van der Waals surface area contributed by atoms with Crippen LogP contribution in [0, 0.1) is 23.0 Å². The number of nitrogens with zero attached hydrogens (tertiary/aromatic N) is 2. The van der Waals surface area contributed by atoms with E-state index < -0.39 is 26.7 Å². The van der Waals surface area contributed by atoms with Crippen molar-refractivity contribution >= 4 is 21.8 Å². The Bertz CT molecular complexity index is 967. The van der Waals surface area contributed by atoms with E-state index in [0.717, 1.165) is 18.1 Å². The number of rotatable bonds is 6. The van der Waals surface area contributed by atoms with Crippen LogP contribution in [0.25, 0.3) is 0 Å². The fourth-order valence-electron chi connectivity index (χ4n) is 3.14. The van der Waals surface area contributed by atoms with Crippen molar-refractivity contribution in [3.63, 3.8) is 0 Å². The number of likely N-dealkylation sites (tertiary alicyclic amines) is 1. The first-order chi connectivity index (χ1) is 13.3. The van der Waals surface area contributed by atoms with E-state index in [2.05, 4.69) is 4.72 Å². The minimum atomic E-state index is -3.62. The lowest BCUT2D eigenvalue weighted by molar-refractivity contribution is -0.402. The van der Waals surface area contributed by atoms with Crippen LogP contribution in [0.1, 0.15) is 29.0 Å². The Labute approximate surface area is 162 Å². The minimum Gasteiger partial charge on any atom is -0.395 e. The van der Waals surface area contributed by atoms with Gasteiger partial charge in [0.25, 0.3) is 5.91 Å². The molecule has 1 saturated heterocycles. The van der Waals surface area contributed by atoms with Crippen molar-refractivity contribution < 1.29 is 22.6 Å². The normalized spacial score (nSPS) is 17.5. The minimum absolute atomic E-state index is 0.0529. The molecule has 1 aromatic heterocycles. The Morgan fingerprint density at radius 3 is 2.64 bits per heavy atom. The molecule has 3 rings (SSSR count). The lowest BCUT2D eigenvalue weighted by Gasteiger charge is -2.32. The third kappa shape index (κ3) is 4.57. The second-order valence-corrected chi connectivity index (χ2v) is 8.59. The van der Waals surface area contributed by atoms with Gasteiger partial charge in [0.15, 0.2) is 5.76 Å². The number of hydrogen-bond donors (Lipinski definition) is 1. The first kappa shape index (κ1) is 20.0. The number of hydrogen-bond acceptors (Lipinski definition) is 6. The number of benzene rings is 1. The molecule has 1 fully saturated rings. The van der Waals surface area contributed by atoms with E-state index in [0.29, 0.717) is 19.5 Å². The van der Waals surface area contributed by atoms with Crippen LogP contribution in [-0.4, -0.2) is 43.8 Å². The van der Waals surface area contributed by atoms with Gasteiger partial charge in [-0.25, -0.2) is 13.1 Å². The van der Waals surface area contributed by atoms with Crippen LogP contribution in [0.5, 0.6) is 0 Å². The highest BCUT2D eigenvalue weighted by molar-refractivity contribution is 7.89. The first-order valence-corrected chi connectivity index (χ1v) is 10.3.